The van der Waals surface area contributed by atoms with Crippen LogP contribution in [0, 0.1) is 12.8 Å². The number of aromatic nitrogens is 7. The van der Waals surface area contributed by atoms with Gasteiger partial charge in [-0.25, -0.2) is 39.7 Å². The van der Waals surface area contributed by atoms with Gasteiger partial charge in [-0.1, -0.05) is 44.2 Å². The Hall–Kier alpha value is -8.17. The molecule has 0 saturated carbocycles. The van der Waals surface area contributed by atoms with E-state index in [1.165, 1.54) is 53.1 Å². The zero-order valence-corrected chi connectivity index (χ0v) is 53.4. The number of amides is 7. The van der Waals surface area contributed by atoms with Crippen LogP contribution in [0.25, 0.3) is 43.4 Å². The maximum absolute atomic E-state index is 14.3. The smallest absolute Gasteiger partial charge is 0.326 e. The summed E-state index contributed by atoms with van der Waals surface area (Å²) < 4.78 is 5.45. The molecule has 1 saturated heterocycles. The van der Waals surface area contributed by atoms with Crippen LogP contribution in [0.15, 0.2) is 64.0 Å². The van der Waals surface area contributed by atoms with Crippen LogP contribution in [0.4, 0.5) is 5.82 Å². The Balaban J connectivity index is 0.981. The number of aryl methyl sites for hydroxylation is 1. The average Bonchev–Trinajstić information content (AvgIpc) is 1.79. The number of unbranched alkanes of at least 4 members (excludes halogenated alkanes) is 1. The molecule has 31 heteroatoms. The first-order chi connectivity index (χ1) is 42.8. The first kappa shape index (κ1) is 63.8. The molecule has 7 amide bonds. The number of hydrogen-bond donors (Lipinski definition) is 8. The minimum atomic E-state index is -1.29. The Kier molecular flexibility index (Phi) is 20.5. The molecule has 0 spiro atoms. The van der Waals surface area contributed by atoms with E-state index in [9.17, 15) is 48.6 Å². The Morgan fingerprint density at radius 2 is 1.43 bits per heavy atom. The van der Waals surface area contributed by atoms with E-state index < -0.39 is 72.3 Å². The number of likely N-dealkylation sites (tertiary alicyclic amines) is 1. The summed E-state index contributed by atoms with van der Waals surface area (Å²) in [5, 5.41) is 47.4. The van der Waals surface area contributed by atoms with Crippen molar-refractivity contribution in [2.24, 2.45) is 5.92 Å². The number of aliphatic carboxylic acids is 1. The maximum Gasteiger partial charge on any atom is 0.326 e. The van der Waals surface area contributed by atoms with Crippen LogP contribution >= 0.6 is 68.0 Å². The number of nitrogens with one attached hydrogen (secondary N) is 6. The second-order valence-corrected chi connectivity index (χ2v) is 26.8. The summed E-state index contributed by atoms with van der Waals surface area (Å²) in [6.45, 7) is 5.33. The number of methoxy groups -OCH3 is 1. The number of carbonyl (C=O) groups excluding carboxylic acids is 7. The molecule has 0 unspecified atom stereocenters. The van der Waals surface area contributed by atoms with Crippen LogP contribution in [0.1, 0.15) is 145 Å². The minimum absolute atomic E-state index is 0.00487. The lowest BCUT2D eigenvalue weighted by Gasteiger charge is -2.23. The summed E-state index contributed by atoms with van der Waals surface area (Å²) in [5.74, 6) is -4.48. The number of carbonyl (C=O) groups is 8. The summed E-state index contributed by atoms with van der Waals surface area (Å²) in [4.78, 5) is 143. The molecule has 2 aliphatic heterocycles. The van der Waals surface area contributed by atoms with E-state index in [-0.39, 0.29) is 71.5 Å². The van der Waals surface area contributed by atoms with Gasteiger partial charge in [0.15, 0.2) is 0 Å². The lowest BCUT2D eigenvalue weighted by Crippen LogP contribution is -2.40. The quantitative estimate of drug-likeness (QED) is 0.0452. The van der Waals surface area contributed by atoms with E-state index >= 15 is 0 Å². The zero-order chi connectivity index (χ0) is 63.0. The Morgan fingerprint density at radius 3 is 2.19 bits per heavy atom. The van der Waals surface area contributed by atoms with Crippen LogP contribution < -0.4 is 31.9 Å². The second kappa shape index (κ2) is 28.5. The lowest BCUT2D eigenvalue weighted by atomic mass is 10.0. The highest BCUT2D eigenvalue weighted by molar-refractivity contribution is 7.15. The molecule has 5 atom stereocenters. The highest BCUT2D eigenvalue weighted by atomic mass is 32.1. The van der Waals surface area contributed by atoms with Crippen molar-refractivity contribution < 1.29 is 53.3 Å². The number of anilines is 1. The van der Waals surface area contributed by atoms with Gasteiger partial charge < -0.3 is 51.8 Å². The second-order valence-electron chi connectivity index (χ2n) is 21.0. The number of aliphatic hydroxyl groups is 1. The molecule has 8 N–H and O–H groups in total. The van der Waals surface area contributed by atoms with Gasteiger partial charge in [-0.2, -0.15) is 0 Å². The van der Waals surface area contributed by atoms with Gasteiger partial charge in [0, 0.05) is 65.5 Å². The molecule has 89 heavy (non-hydrogen) atoms. The number of pyridine rings is 1. The standard InChI is InChI=1S/C58H60N14O11S6/c1-27(2)43-57-71-46(37(89-57)22-83-5)50(79)60-21-41(75)68-47(48(77)29-12-7-6-8-13-29)56-65-35(25-86-56)54-63-33(23-85-54)45-30(52-64-34(24-84-52)49(78)62-32(20-40(74)59-4)55-70-44(28(3)88-55)51(80)69-43)17-18-31(61-45)53-67-38(26-87-53)66-39(73)15-9-10-16-42(76)72-19-11-14-36(72)58(81)82/h6-8,12-13,17-18,23-27,32,36,43,47-48,77H,9-11,14-16,19-22H2,1-5H3,(H,59,74)(H,60,79)(H,62,78)(H,66,73)(H,68,75)(H,69,80)(H,81,82)/t32-,36-,43-,47-,48-/m0/s1. The summed E-state index contributed by atoms with van der Waals surface area (Å²) in [6, 6.07) is 8.60. The fourth-order valence-electron chi connectivity index (χ4n) is 9.87. The van der Waals surface area contributed by atoms with Crippen molar-refractivity contribution in [1.29, 1.82) is 0 Å². The molecule has 2 aliphatic rings. The van der Waals surface area contributed by atoms with Gasteiger partial charge in [-0.15, -0.1) is 68.0 Å². The Labute approximate surface area is 533 Å². The fraction of sp³-hybridized carbons (Fsp3) is 0.362. The van der Waals surface area contributed by atoms with E-state index in [1.54, 1.807) is 70.9 Å². The van der Waals surface area contributed by atoms with Crippen molar-refractivity contribution in [3.05, 3.63) is 111 Å². The van der Waals surface area contributed by atoms with Gasteiger partial charge in [-0.05, 0) is 56.2 Å². The molecular weight excluding hydrogens is 1260 g/mol. The number of thiazole rings is 6. The van der Waals surface area contributed by atoms with E-state index in [0.29, 0.717) is 101 Å². The predicted molar refractivity (Wildman–Crippen MR) is 336 cm³/mol. The number of carboxylic acids is 1. The molecule has 10 bridgehead atoms. The van der Waals surface area contributed by atoms with Crippen molar-refractivity contribution in [3.63, 3.8) is 0 Å². The average molecular weight is 1320 g/mol. The Bertz CT molecular complexity index is 3950. The number of rotatable bonds is 15. The molecule has 0 radical (unpaired) electrons. The van der Waals surface area contributed by atoms with Gasteiger partial charge in [0.1, 0.15) is 88.2 Å². The molecule has 10 rings (SSSR count). The number of hydrogen-bond acceptors (Lipinski definition) is 23. The molecule has 0 aliphatic carbocycles. The fourth-order valence-corrected chi connectivity index (χ4v) is 15.4. The van der Waals surface area contributed by atoms with Crippen LogP contribution in [0.5, 0.6) is 0 Å². The first-order valence-corrected chi connectivity index (χ1v) is 33.3. The summed E-state index contributed by atoms with van der Waals surface area (Å²) in [5.41, 5.74) is 2.61. The van der Waals surface area contributed by atoms with Gasteiger partial charge in [-0.3, -0.25) is 33.6 Å². The third-order valence-electron chi connectivity index (χ3n) is 14.4. The number of aliphatic hydroxyl groups excluding tert-OH is 1. The molecule has 1 fully saturated rings. The predicted octanol–water partition coefficient (Wildman–Crippen LogP) is 7.89. The van der Waals surface area contributed by atoms with Crippen molar-refractivity contribution in [3.8, 4) is 43.4 Å². The van der Waals surface area contributed by atoms with Gasteiger partial charge in [0.25, 0.3) is 17.7 Å². The number of carboxylic acid groups (broad SMARTS) is 1. The molecule has 25 nitrogen and oxygen atoms in total. The topological polar surface area (TPSA) is 352 Å². The third-order valence-corrected chi connectivity index (χ3v) is 20.1. The number of fused-ring (bicyclic) bond motifs is 14. The minimum Gasteiger partial charge on any atom is -0.480 e. The van der Waals surface area contributed by atoms with Crippen molar-refractivity contribution >= 4 is 121 Å². The number of ether oxygens (including phenoxy) is 1. The number of nitrogens with zero attached hydrogens (tertiary/aromatic N) is 8. The van der Waals surface area contributed by atoms with E-state index in [0.717, 1.165) is 34.0 Å². The molecule has 1 aromatic carbocycles. The normalized spacial score (nSPS) is 17.7. The molecule has 9 heterocycles. The molecule has 8 aromatic rings. The number of benzene rings is 1. The summed E-state index contributed by atoms with van der Waals surface area (Å²) in [6.07, 6.45) is 0.568. The van der Waals surface area contributed by atoms with Crippen LogP contribution in [0.3, 0.4) is 0 Å². The largest absolute Gasteiger partial charge is 0.480 e. The first-order valence-electron chi connectivity index (χ1n) is 28.1. The van der Waals surface area contributed by atoms with Crippen LogP contribution in [-0.2, 0) is 35.3 Å². The van der Waals surface area contributed by atoms with Crippen molar-refractivity contribution in [1.82, 2.24) is 66.4 Å². The van der Waals surface area contributed by atoms with Crippen LogP contribution in [-0.4, -0.2) is 131 Å². The van der Waals surface area contributed by atoms with E-state index in [2.05, 4.69) is 36.9 Å². The third kappa shape index (κ3) is 15.0. The van der Waals surface area contributed by atoms with E-state index in [1.807, 2.05) is 13.8 Å². The molecular formula is C58H60N14O11S6. The monoisotopic (exact) mass is 1320 g/mol. The molecule has 7 aromatic heterocycles. The van der Waals surface area contributed by atoms with Gasteiger partial charge in [0.05, 0.1) is 42.2 Å². The SMILES string of the molecule is CNC(=O)C[C@@H]1NC(=O)c2csc(n2)-c2ccc(-c3nc(NC(=O)CCCCC(=O)N4CCC[C@H]4C(=O)O)cs3)nc2-c2csc(n2)-c2csc(n2)[C@H]([C@@H](O)c2ccccc2)NC(=O)CNC(=O)c2nc(sc2COC)[C@H](C(C)C)NC(=O)c2nc1sc2C. The van der Waals surface area contributed by atoms with Gasteiger partial charge >= 0.3 is 5.97 Å². The van der Waals surface area contributed by atoms with Gasteiger partial charge in [0.2, 0.25) is 23.6 Å². The summed E-state index contributed by atoms with van der Waals surface area (Å²) >= 11 is 7.13. The van der Waals surface area contributed by atoms with Crippen molar-refractivity contribution in [2.45, 2.75) is 103 Å². The zero-order valence-electron chi connectivity index (χ0n) is 48.5. The highest BCUT2D eigenvalue weighted by Gasteiger charge is 2.35. The Morgan fingerprint density at radius 1 is 0.708 bits per heavy atom. The summed E-state index contributed by atoms with van der Waals surface area (Å²) in [7, 11) is 2.93. The lowest BCUT2D eigenvalue weighted by molar-refractivity contribution is -0.148. The molecule has 464 valence electrons. The highest BCUT2D eigenvalue weighted by Crippen LogP contribution is 2.40. The maximum atomic E-state index is 14.3. The van der Waals surface area contributed by atoms with Crippen molar-refractivity contribution in [2.75, 3.05) is 32.6 Å². The van der Waals surface area contributed by atoms with Crippen LogP contribution in [0.2, 0.25) is 0 Å². The van der Waals surface area contributed by atoms with E-state index in [4.69, 9.17) is 34.6 Å².